The molecule has 0 saturated carbocycles. The smallest absolute Gasteiger partial charge is 0.123 e. The van der Waals surface area contributed by atoms with E-state index in [2.05, 4.69) is 21.7 Å². The minimum absolute atomic E-state index is 0.222. The lowest BCUT2D eigenvalue weighted by Crippen LogP contribution is -2.56. The molecule has 0 aliphatic carbocycles. The fourth-order valence-corrected chi connectivity index (χ4v) is 4.83. The van der Waals surface area contributed by atoms with Crippen molar-refractivity contribution in [3.05, 3.63) is 71.3 Å². The van der Waals surface area contributed by atoms with Crippen molar-refractivity contribution in [1.82, 2.24) is 14.7 Å². The Bertz CT molecular complexity index is 828. The first-order valence-corrected chi connectivity index (χ1v) is 11.5. The van der Waals surface area contributed by atoms with Gasteiger partial charge in [0.05, 0.1) is 18.8 Å². The number of nitrogens with zero attached hydrogens (tertiary/aromatic N) is 3. The third-order valence-electron chi connectivity index (χ3n) is 6.68. The van der Waals surface area contributed by atoms with E-state index in [1.54, 1.807) is 24.3 Å². The van der Waals surface area contributed by atoms with Gasteiger partial charge in [-0.15, -0.1) is 0 Å². The second-order valence-electron chi connectivity index (χ2n) is 9.14. The Morgan fingerprint density at radius 3 is 1.88 bits per heavy atom. The van der Waals surface area contributed by atoms with E-state index in [4.69, 9.17) is 4.74 Å². The summed E-state index contributed by atoms with van der Waals surface area (Å²) in [6, 6.07) is 12.6. The Morgan fingerprint density at radius 1 is 0.879 bits per heavy atom. The van der Waals surface area contributed by atoms with E-state index in [-0.39, 0.29) is 30.4 Å². The van der Waals surface area contributed by atoms with Gasteiger partial charge in [-0.3, -0.25) is 9.80 Å². The van der Waals surface area contributed by atoms with Crippen LogP contribution in [0.5, 0.6) is 0 Å². The number of benzene rings is 2. The third-order valence-corrected chi connectivity index (χ3v) is 6.68. The van der Waals surface area contributed by atoms with Crippen molar-refractivity contribution >= 4 is 0 Å². The summed E-state index contributed by atoms with van der Waals surface area (Å²) in [5.74, 6) is -0.570. The van der Waals surface area contributed by atoms with E-state index < -0.39 is 12.2 Å². The average Bonchev–Trinajstić information content (AvgIpc) is 3.12. The van der Waals surface area contributed by atoms with Crippen LogP contribution < -0.4 is 0 Å². The fourth-order valence-electron chi connectivity index (χ4n) is 4.83. The average molecular weight is 462 g/mol. The van der Waals surface area contributed by atoms with E-state index in [0.29, 0.717) is 19.6 Å². The molecule has 2 aliphatic rings. The summed E-state index contributed by atoms with van der Waals surface area (Å²) in [6.45, 7) is 4.85. The van der Waals surface area contributed by atoms with Crippen molar-refractivity contribution in [2.75, 3.05) is 46.4 Å². The molecule has 2 fully saturated rings. The monoisotopic (exact) mass is 461 g/mol. The highest BCUT2D eigenvalue weighted by atomic mass is 19.1. The van der Waals surface area contributed by atoms with Crippen molar-refractivity contribution in [2.24, 2.45) is 0 Å². The van der Waals surface area contributed by atoms with Crippen LogP contribution in [0.1, 0.15) is 11.1 Å². The molecule has 0 aromatic heterocycles. The van der Waals surface area contributed by atoms with Crippen LogP contribution in [-0.4, -0.2) is 95.6 Å². The number of halogens is 2. The van der Waals surface area contributed by atoms with E-state index >= 15 is 0 Å². The van der Waals surface area contributed by atoms with Gasteiger partial charge < -0.3 is 19.8 Å². The quantitative estimate of drug-likeness (QED) is 0.624. The Balaban J connectivity index is 1.53. The molecular weight excluding hydrogens is 428 g/mol. The van der Waals surface area contributed by atoms with Gasteiger partial charge in [-0.05, 0) is 42.4 Å². The predicted molar refractivity (Wildman–Crippen MR) is 122 cm³/mol. The second kappa shape index (κ2) is 11.0. The predicted octanol–water partition coefficient (Wildman–Crippen LogP) is 1.70. The van der Waals surface area contributed by atoms with Gasteiger partial charge in [0, 0.05) is 45.8 Å². The van der Waals surface area contributed by atoms with Gasteiger partial charge in [-0.2, -0.15) is 0 Å². The molecule has 2 heterocycles. The zero-order chi connectivity index (χ0) is 23.4. The summed E-state index contributed by atoms with van der Waals surface area (Å²) in [7, 11) is 2.08. The molecule has 0 spiro atoms. The summed E-state index contributed by atoms with van der Waals surface area (Å²) in [5.41, 5.74) is 1.90. The van der Waals surface area contributed by atoms with Gasteiger partial charge >= 0.3 is 0 Å². The summed E-state index contributed by atoms with van der Waals surface area (Å²) in [6.07, 6.45) is -1.71. The van der Waals surface area contributed by atoms with Gasteiger partial charge in [-0.25, -0.2) is 8.78 Å². The number of ether oxygens (including phenoxy) is 1. The zero-order valence-corrected chi connectivity index (χ0v) is 19.0. The van der Waals surface area contributed by atoms with E-state index in [9.17, 15) is 19.0 Å². The SMILES string of the molecule is CN1CCN([C@@H]2[C@H](O)[C@H](CO)O[C@@H]2CN(Cc2ccc(F)cc2)Cc2ccc(F)cc2)CC1. The lowest BCUT2D eigenvalue weighted by atomic mass is 10.0. The van der Waals surface area contributed by atoms with Crippen LogP contribution in [-0.2, 0) is 17.8 Å². The van der Waals surface area contributed by atoms with E-state index in [1.807, 2.05) is 0 Å². The lowest BCUT2D eigenvalue weighted by Gasteiger charge is -2.40. The van der Waals surface area contributed by atoms with Crippen LogP contribution in [0.4, 0.5) is 8.78 Å². The second-order valence-corrected chi connectivity index (χ2v) is 9.14. The molecule has 6 nitrogen and oxygen atoms in total. The molecule has 0 bridgehead atoms. The molecule has 2 aromatic rings. The Kier molecular flexibility index (Phi) is 8.06. The van der Waals surface area contributed by atoms with Gasteiger partial charge in [0.2, 0.25) is 0 Å². The molecule has 0 radical (unpaired) electrons. The molecule has 0 unspecified atom stereocenters. The molecule has 8 heteroatoms. The first-order chi connectivity index (χ1) is 15.9. The zero-order valence-electron chi connectivity index (χ0n) is 19.0. The topological polar surface area (TPSA) is 59.4 Å². The maximum absolute atomic E-state index is 13.4. The van der Waals surface area contributed by atoms with Crippen LogP contribution in [0.25, 0.3) is 0 Å². The minimum atomic E-state index is -0.776. The molecule has 2 aliphatic heterocycles. The van der Waals surface area contributed by atoms with Crippen molar-refractivity contribution in [1.29, 1.82) is 0 Å². The van der Waals surface area contributed by atoms with Crippen molar-refractivity contribution in [3.8, 4) is 0 Å². The molecular formula is C25H33F2N3O3. The van der Waals surface area contributed by atoms with E-state index in [1.165, 1.54) is 24.3 Å². The van der Waals surface area contributed by atoms with Gasteiger partial charge in [-0.1, -0.05) is 24.3 Å². The molecule has 4 atom stereocenters. The van der Waals surface area contributed by atoms with Gasteiger partial charge in [0.25, 0.3) is 0 Å². The van der Waals surface area contributed by atoms with Gasteiger partial charge in [0.15, 0.2) is 0 Å². The number of hydrogen-bond acceptors (Lipinski definition) is 6. The fraction of sp³-hybridized carbons (Fsp3) is 0.520. The van der Waals surface area contributed by atoms with Crippen LogP contribution in [0.3, 0.4) is 0 Å². The third kappa shape index (κ3) is 6.15. The summed E-state index contributed by atoms with van der Waals surface area (Å²) >= 11 is 0. The first-order valence-electron chi connectivity index (χ1n) is 11.5. The van der Waals surface area contributed by atoms with Crippen molar-refractivity contribution < 1.29 is 23.7 Å². The highest BCUT2D eigenvalue weighted by Gasteiger charge is 2.47. The molecule has 4 rings (SSSR count). The highest BCUT2D eigenvalue weighted by molar-refractivity contribution is 5.18. The van der Waals surface area contributed by atoms with Crippen molar-refractivity contribution in [2.45, 2.75) is 37.4 Å². The summed E-state index contributed by atoms with van der Waals surface area (Å²) in [4.78, 5) is 6.69. The van der Waals surface area contributed by atoms with Gasteiger partial charge in [0.1, 0.15) is 23.8 Å². The Labute approximate surface area is 194 Å². The van der Waals surface area contributed by atoms with Crippen molar-refractivity contribution in [3.63, 3.8) is 0 Å². The normalized spacial score (nSPS) is 26.8. The largest absolute Gasteiger partial charge is 0.394 e. The number of likely N-dealkylation sites (N-methyl/N-ethyl adjacent to an activating group) is 1. The lowest BCUT2D eigenvalue weighted by molar-refractivity contribution is -0.0330. The van der Waals surface area contributed by atoms with Crippen LogP contribution in [0.15, 0.2) is 48.5 Å². The minimum Gasteiger partial charge on any atom is -0.394 e. The molecule has 0 amide bonds. The number of rotatable bonds is 8. The summed E-state index contributed by atoms with van der Waals surface area (Å²) < 4.78 is 33.0. The molecule has 33 heavy (non-hydrogen) atoms. The molecule has 2 aromatic carbocycles. The molecule has 2 saturated heterocycles. The number of aliphatic hydroxyl groups excluding tert-OH is 2. The Hall–Kier alpha value is -1.94. The van der Waals surface area contributed by atoms with Crippen LogP contribution >= 0.6 is 0 Å². The maximum atomic E-state index is 13.4. The number of aliphatic hydroxyl groups is 2. The number of hydrogen-bond donors (Lipinski definition) is 2. The standard InChI is InChI=1S/C25H33F2N3O3/c1-28-10-12-30(13-11-28)24-22(33-23(17-31)25(24)32)16-29(14-18-2-6-20(26)7-3-18)15-19-4-8-21(27)9-5-19/h2-9,22-25,31-32H,10-17H2,1H3/t22-,23+,24+,25-/m1/s1. The summed E-state index contributed by atoms with van der Waals surface area (Å²) in [5, 5.41) is 20.7. The van der Waals surface area contributed by atoms with Crippen LogP contribution in [0.2, 0.25) is 0 Å². The van der Waals surface area contributed by atoms with E-state index in [0.717, 1.165) is 37.3 Å². The molecule has 180 valence electrons. The number of piperazine rings is 1. The Morgan fingerprint density at radius 2 is 1.39 bits per heavy atom. The highest BCUT2D eigenvalue weighted by Crippen LogP contribution is 2.28. The molecule has 2 N–H and O–H groups in total. The van der Waals surface area contributed by atoms with Crippen LogP contribution in [0, 0.1) is 11.6 Å². The maximum Gasteiger partial charge on any atom is 0.123 e. The first kappa shape index (κ1) is 24.2.